The second-order valence-electron chi connectivity index (χ2n) is 3.78. The fraction of sp³-hybridized carbons (Fsp3) is 0.455. The number of hydrogen-bond donors (Lipinski definition) is 1. The van der Waals surface area contributed by atoms with E-state index >= 15 is 0 Å². The van der Waals surface area contributed by atoms with Gasteiger partial charge in [0.1, 0.15) is 0 Å². The van der Waals surface area contributed by atoms with Crippen LogP contribution in [0, 0.1) is 12.8 Å². The molecule has 0 aromatic heterocycles. The van der Waals surface area contributed by atoms with Crippen molar-refractivity contribution >= 4 is 17.3 Å². The maximum atomic E-state index is 5.91. The number of rotatable bonds is 3. The predicted octanol–water partition coefficient (Wildman–Crippen LogP) is 3.47. The number of hydrogen-bond acceptors (Lipinski definition) is 1. The largest absolute Gasteiger partial charge is 0.385 e. The molecule has 1 aliphatic carbocycles. The quantitative estimate of drug-likeness (QED) is 0.779. The molecule has 0 unspecified atom stereocenters. The van der Waals surface area contributed by atoms with Gasteiger partial charge in [-0.3, -0.25) is 0 Å². The highest BCUT2D eigenvalue weighted by Crippen LogP contribution is 2.29. The highest BCUT2D eigenvalue weighted by Gasteiger charge is 2.20. The molecule has 1 N–H and O–H groups in total. The van der Waals surface area contributed by atoms with Gasteiger partial charge in [0.15, 0.2) is 0 Å². The lowest BCUT2D eigenvalue weighted by Crippen LogP contribution is -2.04. The molecule has 0 amide bonds. The smallest absolute Gasteiger partial charge is 0.0426 e. The van der Waals surface area contributed by atoms with Gasteiger partial charge >= 0.3 is 0 Å². The van der Waals surface area contributed by atoms with Crippen LogP contribution >= 0.6 is 11.6 Å². The zero-order valence-corrected chi connectivity index (χ0v) is 8.56. The Bertz CT molecular complexity index is 305. The highest BCUT2D eigenvalue weighted by atomic mass is 35.5. The van der Waals surface area contributed by atoms with Crippen molar-refractivity contribution < 1.29 is 0 Å². The molecule has 0 heterocycles. The molecule has 1 aliphatic rings. The molecule has 70 valence electrons. The first-order valence-electron chi connectivity index (χ1n) is 4.76. The summed E-state index contributed by atoms with van der Waals surface area (Å²) in [6.45, 7) is 3.20. The van der Waals surface area contributed by atoms with Crippen LogP contribution in [0.5, 0.6) is 0 Å². The van der Waals surface area contributed by atoms with Crippen molar-refractivity contribution in [3.63, 3.8) is 0 Å². The Kier molecular flexibility index (Phi) is 2.45. The lowest BCUT2D eigenvalue weighted by atomic mass is 10.2. The predicted molar refractivity (Wildman–Crippen MR) is 57.4 cm³/mol. The van der Waals surface area contributed by atoms with Gasteiger partial charge in [0.2, 0.25) is 0 Å². The Morgan fingerprint density at radius 3 is 2.92 bits per heavy atom. The SMILES string of the molecule is Cc1ccc(Cl)cc1NCC1CC1. The molecule has 0 radical (unpaired) electrons. The van der Waals surface area contributed by atoms with Crippen LogP contribution in [0.2, 0.25) is 5.02 Å². The summed E-state index contributed by atoms with van der Waals surface area (Å²) >= 11 is 5.91. The van der Waals surface area contributed by atoms with Gasteiger partial charge in [-0.2, -0.15) is 0 Å². The van der Waals surface area contributed by atoms with Crippen molar-refractivity contribution in [1.82, 2.24) is 0 Å². The summed E-state index contributed by atoms with van der Waals surface area (Å²) in [4.78, 5) is 0. The van der Waals surface area contributed by atoms with E-state index in [2.05, 4.69) is 18.3 Å². The second-order valence-corrected chi connectivity index (χ2v) is 4.22. The molecule has 0 saturated heterocycles. The maximum absolute atomic E-state index is 5.91. The Morgan fingerprint density at radius 2 is 2.23 bits per heavy atom. The van der Waals surface area contributed by atoms with Crippen molar-refractivity contribution in [2.45, 2.75) is 19.8 Å². The van der Waals surface area contributed by atoms with Crippen LogP contribution in [-0.2, 0) is 0 Å². The summed E-state index contributed by atoms with van der Waals surface area (Å²) < 4.78 is 0. The lowest BCUT2D eigenvalue weighted by Gasteiger charge is -2.08. The van der Waals surface area contributed by atoms with Crippen molar-refractivity contribution in [3.8, 4) is 0 Å². The molecule has 2 heteroatoms. The van der Waals surface area contributed by atoms with Crippen LogP contribution in [0.1, 0.15) is 18.4 Å². The van der Waals surface area contributed by atoms with Crippen molar-refractivity contribution in [3.05, 3.63) is 28.8 Å². The van der Waals surface area contributed by atoms with E-state index in [1.54, 1.807) is 0 Å². The van der Waals surface area contributed by atoms with Gasteiger partial charge in [-0.15, -0.1) is 0 Å². The van der Waals surface area contributed by atoms with E-state index in [4.69, 9.17) is 11.6 Å². The Labute approximate surface area is 84.1 Å². The number of halogens is 1. The van der Waals surface area contributed by atoms with Gasteiger partial charge in [-0.25, -0.2) is 0 Å². The first-order chi connectivity index (χ1) is 6.25. The lowest BCUT2D eigenvalue weighted by molar-refractivity contribution is 0.888. The van der Waals surface area contributed by atoms with Gasteiger partial charge < -0.3 is 5.32 Å². The molecule has 1 saturated carbocycles. The first kappa shape index (κ1) is 8.89. The molecule has 2 rings (SSSR count). The van der Waals surface area contributed by atoms with E-state index in [1.807, 2.05) is 12.1 Å². The average Bonchev–Trinajstić information content (AvgIpc) is 2.90. The third-order valence-corrected chi connectivity index (χ3v) is 2.71. The zero-order valence-electron chi connectivity index (χ0n) is 7.81. The van der Waals surface area contributed by atoms with Crippen molar-refractivity contribution in [1.29, 1.82) is 0 Å². The molecule has 1 fully saturated rings. The van der Waals surface area contributed by atoms with Crippen LogP contribution < -0.4 is 5.32 Å². The molecule has 0 bridgehead atoms. The van der Waals surface area contributed by atoms with Crippen molar-refractivity contribution in [2.24, 2.45) is 5.92 Å². The zero-order chi connectivity index (χ0) is 9.26. The Balaban J connectivity index is 2.03. The van der Waals surface area contributed by atoms with E-state index in [1.165, 1.54) is 24.1 Å². The molecule has 0 spiro atoms. The minimum Gasteiger partial charge on any atom is -0.385 e. The second kappa shape index (κ2) is 3.59. The fourth-order valence-electron chi connectivity index (χ4n) is 1.36. The number of nitrogens with one attached hydrogen (secondary N) is 1. The number of benzene rings is 1. The third kappa shape index (κ3) is 2.38. The normalized spacial score (nSPS) is 15.8. The molecule has 13 heavy (non-hydrogen) atoms. The van der Waals surface area contributed by atoms with Gasteiger partial charge in [0.25, 0.3) is 0 Å². The van der Waals surface area contributed by atoms with Crippen LogP contribution in [0.4, 0.5) is 5.69 Å². The molecule has 0 aliphatic heterocycles. The summed E-state index contributed by atoms with van der Waals surface area (Å²) in [6, 6.07) is 5.98. The Morgan fingerprint density at radius 1 is 1.46 bits per heavy atom. The fourth-order valence-corrected chi connectivity index (χ4v) is 1.53. The molecular weight excluding hydrogens is 182 g/mol. The van der Waals surface area contributed by atoms with E-state index in [-0.39, 0.29) is 0 Å². The summed E-state index contributed by atoms with van der Waals surface area (Å²) in [7, 11) is 0. The summed E-state index contributed by atoms with van der Waals surface area (Å²) in [6.07, 6.45) is 2.76. The molecular formula is C11H14ClN. The minimum atomic E-state index is 0.809. The van der Waals surface area contributed by atoms with Crippen LogP contribution in [0.3, 0.4) is 0 Å². The highest BCUT2D eigenvalue weighted by molar-refractivity contribution is 6.30. The number of aryl methyl sites for hydroxylation is 1. The van der Waals surface area contributed by atoms with Gasteiger partial charge in [-0.1, -0.05) is 17.7 Å². The third-order valence-electron chi connectivity index (χ3n) is 2.48. The van der Waals surface area contributed by atoms with Crippen LogP contribution in [-0.4, -0.2) is 6.54 Å². The monoisotopic (exact) mass is 195 g/mol. The topological polar surface area (TPSA) is 12.0 Å². The minimum absolute atomic E-state index is 0.809. The van der Waals surface area contributed by atoms with E-state index in [0.29, 0.717) is 0 Å². The van der Waals surface area contributed by atoms with Gasteiger partial charge in [0, 0.05) is 17.3 Å². The molecule has 0 atom stereocenters. The molecule has 1 nitrogen and oxygen atoms in total. The first-order valence-corrected chi connectivity index (χ1v) is 5.13. The summed E-state index contributed by atoms with van der Waals surface area (Å²) in [5.41, 5.74) is 2.45. The van der Waals surface area contributed by atoms with E-state index in [0.717, 1.165) is 17.5 Å². The van der Waals surface area contributed by atoms with E-state index < -0.39 is 0 Å². The summed E-state index contributed by atoms with van der Waals surface area (Å²) in [5, 5.41) is 4.24. The van der Waals surface area contributed by atoms with Crippen LogP contribution in [0.25, 0.3) is 0 Å². The van der Waals surface area contributed by atoms with Crippen molar-refractivity contribution in [2.75, 3.05) is 11.9 Å². The number of anilines is 1. The maximum Gasteiger partial charge on any atom is 0.0426 e. The van der Waals surface area contributed by atoms with Gasteiger partial charge in [-0.05, 0) is 43.4 Å². The standard InChI is InChI=1S/C11H14ClN/c1-8-2-5-10(12)6-11(8)13-7-9-3-4-9/h2,5-6,9,13H,3-4,7H2,1H3. The Hall–Kier alpha value is -0.690. The van der Waals surface area contributed by atoms with E-state index in [9.17, 15) is 0 Å². The average molecular weight is 196 g/mol. The molecule has 1 aromatic rings. The molecule has 1 aromatic carbocycles. The summed E-state index contributed by atoms with van der Waals surface area (Å²) in [5.74, 6) is 0.901. The van der Waals surface area contributed by atoms with Crippen LogP contribution in [0.15, 0.2) is 18.2 Å². The van der Waals surface area contributed by atoms with Gasteiger partial charge in [0.05, 0.1) is 0 Å².